The maximum Gasteiger partial charge on any atom is 0.0573 e. The van der Waals surface area contributed by atoms with Crippen LogP contribution in [0.25, 0.3) is 66.5 Å². The van der Waals surface area contributed by atoms with Crippen LogP contribution in [0.15, 0.2) is 213 Å². The molecule has 0 saturated heterocycles. The van der Waals surface area contributed by atoms with Crippen molar-refractivity contribution in [1.29, 1.82) is 0 Å². The Labute approximate surface area is 371 Å². The number of nitrogens with zero attached hydrogens (tertiary/aromatic N) is 1. The molecule has 1 nitrogen and oxygen atoms in total. The van der Waals surface area contributed by atoms with E-state index in [4.69, 9.17) is 0 Å². The molecular weight excluding hydrogens is 747 g/mol. The fourth-order valence-electron chi connectivity index (χ4n) is 8.04. The summed E-state index contributed by atoms with van der Waals surface area (Å²) in [6.45, 7) is 22.2. The van der Waals surface area contributed by atoms with E-state index in [9.17, 15) is 0 Å². The molecule has 7 aromatic carbocycles. The van der Waals surface area contributed by atoms with Crippen molar-refractivity contribution in [3.05, 3.63) is 241 Å². The summed E-state index contributed by atoms with van der Waals surface area (Å²) >= 11 is 0. The molecule has 0 N–H and O–H groups in total. The van der Waals surface area contributed by atoms with Gasteiger partial charge in [0, 0.05) is 16.5 Å². The van der Waals surface area contributed by atoms with Gasteiger partial charge in [0.2, 0.25) is 0 Å². The molecule has 0 radical (unpaired) electrons. The summed E-state index contributed by atoms with van der Waals surface area (Å²) in [7, 11) is 0. The Hall–Kier alpha value is -6.96. The molecular formula is C61H61N. The minimum absolute atomic E-state index is 1.02. The van der Waals surface area contributed by atoms with Crippen LogP contribution in [0.3, 0.4) is 0 Å². The van der Waals surface area contributed by atoms with Crippen LogP contribution in [-0.2, 0) is 0 Å². The number of rotatable bonds is 7. The molecule has 9 rings (SSSR count). The van der Waals surface area contributed by atoms with Gasteiger partial charge in [0.25, 0.3) is 0 Å². The molecule has 1 aliphatic rings. The van der Waals surface area contributed by atoms with Gasteiger partial charge in [0.15, 0.2) is 0 Å². The Balaban J connectivity index is 0.000000232. The average Bonchev–Trinajstić information content (AvgIpc) is 3.66. The van der Waals surface area contributed by atoms with E-state index in [0.29, 0.717) is 0 Å². The highest BCUT2D eigenvalue weighted by atomic mass is 15.0. The monoisotopic (exact) mass is 807 g/mol. The van der Waals surface area contributed by atoms with Crippen LogP contribution in [0.5, 0.6) is 0 Å². The van der Waals surface area contributed by atoms with Crippen LogP contribution in [-0.4, -0.2) is 4.57 Å². The summed E-state index contributed by atoms with van der Waals surface area (Å²) in [4.78, 5) is 0. The van der Waals surface area contributed by atoms with Gasteiger partial charge in [0.1, 0.15) is 0 Å². The summed E-state index contributed by atoms with van der Waals surface area (Å²) < 4.78 is 2.54. The molecule has 8 aromatic rings. The van der Waals surface area contributed by atoms with Gasteiger partial charge in [-0.25, -0.2) is 0 Å². The van der Waals surface area contributed by atoms with Crippen LogP contribution in [0.4, 0.5) is 0 Å². The summed E-state index contributed by atoms with van der Waals surface area (Å²) in [5.41, 5.74) is 20.2. The van der Waals surface area contributed by atoms with Crippen molar-refractivity contribution in [3.8, 4) is 22.3 Å². The van der Waals surface area contributed by atoms with Crippen LogP contribution in [0, 0.1) is 13.8 Å². The van der Waals surface area contributed by atoms with E-state index in [1.165, 1.54) is 94.3 Å². The maximum atomic E-state index is 4.11. The molecule has 0 bridgehead atoms. The van der Waals surface area contributed by atoms with Crippen molar-refractivity contribution < 1.29 is 0 Å². The van der Waals surface area contributed by atoms with Crippen molar-refractivity contribution in [1.82, 2.24) is 4.57 Å². The molecule has 0 fully saturated rings. The molecule has 1 aliphatic carbocycles. The Bertz CT molecular complexity index is 2860. The lowest BCUT2D eigenvalue weighted by Crippen LogP contribution is -2.02. The Morgan fingerprint density at radius 2 is 1.11 bits per heavy atom. The third-order valence-corrected chi connectivity index (χ3v) is 11.0. The van der Waals surface area contributed by atoms with Gasteiger partial charge in [-0.05, 0) is 132 Å². The van der Waals surface area contributed by atoms with Crippen molar-refractivity contribution >= 4 is 44.2 Å². The second kappa shape index (κ2) is 21.5. The summed E-state index contributed by atoms with van der Waals surface area (Å²) in [5, 5.41) is 2.64. The number of aryl methyl sites for hydroxylation is 2. The second-order valence-electron chi connectivity index (χ2n) is 15.9. The van der Waals surface area contributed by atoms with E-state index in [1.807, 2.05) is 52.0 Å². The van der Waals surface area contributed by atoms with Crippen LogP contribution in [0.2, 0.25) is 0 Å². The van der Waals surface area contributed by atoms with E-state index in [2.05, 4.69) is 208 Å². The first-order chi connectivity index (χ1) is 30.2. The van der Waals surface area contributed by atoms with Gasteiger partial charge in [0.05, 0.1) is 11.0 Å². The number of hydrogen-bond acceptors (Lipinski definition) is 0. The summed E-state index contributed by atoms with van der Waals surface area (Å²) in [6, 6.07) is 62.4. The Morgan fingerprint density at radius 3 is 1.79 bits per heavy atom. The molecule has 0 unspecified atom stereocenters. The number of para-hydroxylation sites is 1. The SMILES string of the molecule is C=C(/C=C(\C)c1ccccc1)c1ccccc1.C=C(C)C.CC.Cc1ccccc1-c1ccc2c3ccccc3n(C3=CC(c4cccc(-c5ccccc5)c4)=CCC3)c2c1C. The standard InChI is InChI=1S/C38H31N.C17H16.C4H8.C2H6/c1-26-12-6-7-19-33(26)34-22-23-36-35-20-8-9-21-37(35)39(38(36)27(34)2)32-18-11-17-31(25-32)30-16-10-15-29(24-30)28-13-4-3-5-14-28;1-14(16-9-5-3-6-10-16)13-15(2)17-11-7-4-8-12-17;1-4(2)3;1-2/h3-10,12-17,19-25H,11,18H2,1-2H3;3-13H,1H2,2H3;1H2,2-3H3;1-2H3/b;15-13+;;. The number of allylic oxidation sites excluding steroid dienone is 8. The lowest BCUT2D eigenvalue weighted by Gasteiger charge is -2.20. The number of benzene rings is 7. The van der Waals surface area contributed by atoms with Crippen LogP contribution < -0.4 is 0 Å². The fourth-order valence-corrected chi connectivity index (χ4v) is 8.04. The third kappa shape index (κ3) is 10.7. The highest BCUT2D eigenvalue weighted by Gasteiger charge is 2.20. The fraction of sp³-hybridized carbons (Fsp3) is 0.148. The third-order valence-electron chi connectivity index (χ3n) is 11.0. The summed E-state index contributed by atoms with van der Waals surface area (Å²) in [6.07, 6.45) is 8.99. The van der Waals surface area contributed by atoms with Gasteiger partial charge < -0.3 is 4.57 Å². The lowest BCUT2D eigenvalue weighted by atomic mass is 9.93. The minimum Gasteiger partial charge on any atom is -0.313 e. The quantitative estimate of drug-likeness (QED) is 0.112. The predicted molar refractivity (Wildman–Crippen MR) is 275 cm³/mol. The molecule has 1 heterocycles. The number of hydrogen-bond donors (Lipinski definition) is 0. The van der Waals surface area contributed by atoms with Gasteiger partial charge in [-0.1, -0.05) is 202 Å². The lowest BCUT2D eigenvalue weighted by molar-refractivity contribution is 0.981. The first-order valence-electron chi connectivity index (χ1n) is 22.0. The van der Waals surface area contributed by atoms with E-state index in [1.54, 1.807) is 0 Å². The Morgan fingerprint density at radius 1 is 0.548 bits per heavy atom. The summed E-state index contributed by atoms with van der Waals surface area (Å²) in [5.74, 6) is 0. The largest absolute Gasteiger partial charge is 0.313 e. The molecule has 1 heteroatoms. The average molecular weight is 808 g/mol. The smallest absolute Gasteiger partial charge is 0.0573 e. The highest BCUT2D eigenvalue weighted by molar-refractivity contribution is 6.12. The molecule has 0 amide bonds. The van der Waals surface area contributed by atoms with E-state index < -0.39 is 0 Å². The van der Waals surface area contributed by atoms with E-state index in [0.717, 1.165) is 18.4 Å². The topological polar surface area (TPSA) is 4.93 Å². The number of aromatic nitrogens is 1. The Kier molecular flexibility index (Phi) is 15.5. The zero-order chi connectivity index (χ0) is 44.0. The second-order valence-corrected chi connectivity index (χ2v) is 15.9. The van der Waals surface area contributed by atoms with Crippen LogP contribution in [0.1, 0.15) is 75.3 Å². The van der Waals surface area contributed by atoms with Gasteiger partial charge in [-0.3, -0.25) is 0 Å². The molecule has 62 heavy (non-hydrogen) atoms. The van der Waals surface area contributed by atoms with Crippen molar-refractivity contribution in [3.63, 3.8) is 0 Å². The maximum absolute atomic E-state index is 4.11. The zero-order valence-electron chi connectivity index (χ0n) is 37.8. The van der Waals surface area contributed by atoms with Crippen molar-refractivity contribution in [2.24, 2.45) is 0 Å². The predicted octanol–water partition coefficient (Wildman–Crippen LogP) is 17.9. The first-order valence-corrected chi connectivity index (χ1v) is 22.0. The molecule has 0 atom stereocenters. The van der Waals surface area contributed by atoms with Crippen molar-refractivity contribution in [2.75, 3.05) is 0 Å². The van der Waals surface area contributed by atoms with Gasteiger partial charge in [-0.15, -0.1) is 6.58 Å². The zero-order valence-corrected chi connectivity index (χ0v) is 37.8. The van der Waals surface area contributed by atoms with Gasteiger partial charge in [-0.2, -0.15) is 0 Å². The minimum atomic E-state index is 1.02. The van der Waals surface area contributed by atoms with E-state index >= 15 is 0 Å². The molecule has 1 aromatic heterocycles. The number of fused-ring (bicyclic) bond motifs is 3. The molecule has 0 spiro atoms. The van der Waals surface area contributed by atoms with Crippen molar-refractivity contribution in [2.45, 2.75) is 61.3 Å². The van der Waals surface area contributed by atoms with E-state index in [-0.39, 0.29) is 0 Å². The van der Waals surface area contributed by atoms with Gasteiger partial charge >= 0.3 is 0 Å². The molecule has 0 aliphatic heterocycles. The van der Waals surface area contributed by atoms with Crippen LogP contribution >= 0.6 is 0 Å². The molecule has 0 saturated carbocycles. The first kappa shape index (κ1) is 44.6. The highest BCUT2D eigenvalue weighted by Crippen LogP contribution is 2.41. The normalized spacial score (nSPS) is 12.1. The molecule has 310 valence electrons.